The number of halogens is 2. The van der Waals surface area contributed by atoms with Gasteiger partial charge in [-0.3, -0.25) is 5.10 Å². The molecule has 2 aliphatic rings. The van der Waals surface area contributed by atoms with Gasteiger partial charge in [0.1, 0.15) is 5.75 Å². The molecule has 168 valence electrons. The van der Waals surface area contributed by atoms with Crippen molar-refractivity contribution in [3.8, 4) is 28.1 Å². The zero-order chi connectivity index (χ0) is 20.1. The Morgan fingerprint density at radius 2 is 2.00 bits per heavy atom. The molecule has 3 aromatic heterocycles. The van der Waals surface area contributed by atoms with Crippen molar-refractivity contribution >= 4 is 51.6 Å². The van der Waals surface area contributed by atoms with Crippen molar-refractivity contribution in [1.29, 1.82) is 0 Å². The molecule has 5 heterocycles. The van der Waals surface area contributed by atoms with Crippen LogP contribution in [-0.2, 0) is 0 Å². The third-order valence-corrected chi connectivity index (χ3v) is 7.23. The molecule has 2 atom stereocenters. The fraction of sp³-hybridized carbons (Fsp3) is 0.333. The van der Waals surface area contributed by atoms with Gasteiger partial charge in [0.2, 0.25) is 0 Å². The van der Waals surface area contributed by atoms with Gasteiger partial charge in [-0.05, 0) is 55.6 Å². The Balaban J connectivity index is 0.00000122. The van der Waals surface area contributed by atoms with Crippen LogP contribution in [0.1, 0.15) is 12.8 Å². The highest BCUT2D eigenvalue weighted by Gasteiger charge is 2.37. The normalized spacial score (nSPS) is 19.9. The number of fused-ring (bicyclic) bond motifs is 2. The van der Waals surface area contributed by atoms with Crippen molar-refractivity contribution in [3.63, 3.8) is 0 Å². The number of piperidine rings is 1. The summed E-state index contributed by atoms with van der Waals surface area (Å²) in [5.41, 5.74) is 3.80. The van der Waals surface area contributed by atoms with E-state index in [1.54, 1.807) is 29.8 Å². The summed E-state index contributed by atoms with van der Waals surface area (Å²) >= 11 is 1.66. The number of aromatic nitrogens is 5. The molecule has 0 spiro atoms. The fourth-order valence-corrected chi connectivity index (χ4v) is 5.67. The van der Waals surface area contributed by atoms with E-state index in [0.29, 0.717) is 28.9 Å². The first-order chi connectivity index (χ1) is 14.8. The lowest BCUT2D eigenvalue weighted by molar-refractivity contribution is 0.361. The monoisotopic (exact) mass is 491 g/mol. The molecule has 4 aromatic rings. The molecular formula is C21H23Cl2N7OS. The molecule has 8 nitrogen and oxygen atoms in total. The summed E-state index contributed by atoms with van der Waals surface area (Å²) in [7, 11) is 0. The number of aromatic amines is 1. The SMILES string of the molecule is Cl.Cl.Oc1cc(-c2cn[nH]c2)ccc1-c1cc2sc(N3CC[C@H]4CNCC[C@H]43)nc2nn1. The molecule has 0 unspecified atom stereocenters. The predicted molar refractivity (Wildman–Crippen MR) is 131 cm³/mol. The van der Waals surface area contributed by atoms with Gasteiger partial charge in [-0.25, -0.2) is 0 Å². The number of nitrogens with zero attached hydrogens (tertiary/aromatic N) is 5. The second-order valence-electron chi connectivity index (χ2n) is 7.94. The van der Waals surface area contributed by atoms with E-state index in [2.05, 4.69) is 30.6 Å². The van der Waals surface area contributed by atoms with Crippen molar-refractivity contribution in [1.82, 2.24) is 30.7 Å². The van der Waals surface area contributed by atoms with E-state index in [-0.39, 0.29) is 30.6 Å². The molecule has 2 saturated heterocycles. The van der Waals surface area contributed by atoms with E-state index in [0.717, 1.165) is 47.0 Å². The van der Waals surface area contributed by atoms with Crippen molar-refractivity contribution in [2.24, 2.45) is 5.92 Å². The lowest BCUT2D eigenvalue weighted by Gasteiger charge is -2.31. The molecule has 3 N–H and O–H groups in total. The van der Waals surface area contributed by atoms with Crippen LogP contribution >= 0.6 is 36.2 Å². The number of phenols is 1. The molecule has 0 aliphatic carbocycles. The van der Waals surface area contributed by atoms with Crippen LogP contribution in [0.3, 0.4) is 0 Å². The zero-order valence-corrected chi connectivity index (χ0v) is 19.5. The van der Waals surface area contributed by atoms with E-state index in [1.165, 1.54) is 6.42 Å². The smallest absolute Gasteiger partial charge is 0.194 e. The molecule has 6 rings (SSSR count). The molecular weight excluding hydrogens is 469 g/mol. The van der Waals surface area contributed by atoms with E-state index < -0.39 is 0 Å². The number of H-pyrrole nitrogens is 1. The van der Waals surface area contributed by atoms with Gasteiger partial charge in [0.25, 0.3) is 0 Å². The highest BCUT2D eigenvalue weighted by molar-refractivity contribution is 7.22. The Labute approximate surface area is 201 Å². The van der Waals surface area contributed by atoms with E-state index >= 15 is 0 Å². The van der Waals surface area contributed by atoms with Crippen molar-refractivity contribution in [2.75, 3.05) is 24.5 Å². The molecule has 0 saturated carbocycles. The Bertz CT molecular complexity index is 1220. The fourth-order valence-electron chi connectivity index (χ4n) is 4.65. The first-order valence-electron chi connectivity index (χ1n) is 10.2. The number of nitrogens with one attached hydrogen (secondary N) is 2. The quantitative estimate of drug-likeness (QED) is 0.399. The first kappa shape index (κ1) is 22.7. The molecule has 2 aliphatic heterocycles. The second-order valence-corrected chi connectivity index (χ2v) is 8.94. The highest BCUT2D eigenvalue weighted by atomic mass is 35.5. The number of hydrogen-bond donors (Lipinski definition) is 3. The van der Waals surface area contributed by atoms with Crippen LogP contribution in [-0.4, -0.2) is 56.2 Å². The van der Waals surface area contributed by atoms with Gasteiger partial charge in [-0.2, -0.15) is 10.1 Å². The Morgan fingerprint density at radius 1 is 1.09 bits per heavy atom. The van der Waals surface area contributed by atoms with Gasteiger partial charge in [0, 0.05) is 29.9 Å². The summed E-state index contributed by atoms with van der Waals surface area (Å²) in [6, 6.07) is 8.09. The minimum atomic E-state index is 0. The van der Waals surface area contributed by atoms with Gasteiger partial charge in [0.15, 0.2) is 10.8 Å². The van der Waals surface area contributed by atoms with Crippen LogP contribution in [0.4, 0.5) is 5.13 Å². The summed E-state index contributed by atoms with van der Waals surface area (Å²) in [5.74, 6) is 0.877. The number of thiazole rings is 1. The molecule has 32 heavy (non-hydrogen) atoms. The zero-order valence-electron chi connectivity index (χ0n) is 17.1. The van der Waals surface area contributed by atoms with Gasteiger partial charge < -0.3 is 15.3 Å². The third-order valence-electron chi connectivity index (χ3n) is 6.20. The van der Waals surface area contributed by atoms with Gasteiger partial charge >= 0.3 is 0 Å². The maximum Gasteiger partial charge on any atom is 0.194 e. The second kappa shape index (κ2) is 9.19. The maximum absolute atomic E-state index is 10.6. The number of hydrogen-bond acceptors (Lipinski definition) is 8. The molecule has 11 heteroatoms. The number of benzene rings is 1. The molecule has 1 aromatic carbocycles. The maximum atomic E-state index is 10.6. The van der Waals surface area contributed by atoms with E-state index in [1.807, 2.05) is 18.2 Å². The Hall–Kier alpha value is -2.46. The largest absolute Gasteiger partial charge is 0.507 e. The lowest BCUT2D eigenvalue weighted by Crippen LogP contribution is -2.43. The van der Waals surface area contributed by atoms with Gasteiger partial charge in [-0.15, -0.1) is 35.0 Å². The van der Waals surface area contributed by atoms with Crippen molar-refractivity contribution in [3.05, 3.63) is 36.7 Å². The Morgan fingerprint density at radius 3 is 2.81 bits per heavy atom. The first-order valence-corrected chi connectivity index (χ1v) is 11.0. The van der Waals surface area contributed by atoms with Crippen LogP contribution in [0.2, 0.25) is 0 Å². The number of aromatic hydroxyl groups is 1. The van der Waals surface area contributed by atoms with Crippen LogP contribution in [0.5, 0.6) is 5.75 Å². The molecule has 0 bridgehead atoms. The molecule has 2 fully saturated rings. The average molecular weight is 492 g/mol. The summed E-state index contributed by atoms with van der Waals surface area (Å²) < 4.78 is 0.991. The summed E-state index contributed by atoms with van der Waals surface area (Å²) in [5, 5.41) is 30.6. The van der Waals surface area contributed by atoms with Gasteiger partial charge in [0.05, 0.1) is 16.6 Å². The average Bonchev–Trinajstić information content (AvgIpc) is 3.51. The Kier molecular flexibility index (Phi) is 6.52. The standard InChI is InChI=1S/C21H21N7OS.2ClH/c29-18-7-12(14-10-23-24-11-14)1-2-15(18)16-8-19-20(27-26-16)25-21(30-19)28-6-4-13-9-22-5-3-17(13)28;;/h1-2,7-8,10-11,13,17,22,29H,3-6,9H2,(H,23,24);2*1H/t13-,17+;;/m0../s1. The van der Waals surface area contributed by atoms with Crippen LogP contribution < -0.4 is 10.2 Å². The lowest BCUT2D eigenvalue weighted by atomic mass is 9.94. The predicted octanol–water partition coefficient (Wildman–Crippen LogP) is 3.88. The third kappa shape index (κ3) is 3.90. The van der Waals surface area contributed by atoms with Gasteiger partial charge in [-0.1, -0.05) is 17.4 Å². The van der Waals surface area contributed by atoms with Crippen LogP contribution in [0.25, 0.3) is 32.7 Å². The topological polar surface area (TPSA) is 103 Å². The summed E-state index contributed by atoms with van der Waals surface area (Å²) in [4.78, 5) is 7.22. The molecule has 0 amide bonds. The minimum absolute atomic E-state index is 0. The number of phenolic OH excluding ortho intramolecular Hbond substituents is 1. The van der Waals surface area contributed by atoms with Crippen LogP contribution in [0, 0.1) is 5.92 Å². The van der Waals surface area contributed by atoms with Crippen molar-refractivity contribution in [2.45, 2.75) is 18.9 Å². The molecule has 0 radical (unpaired) electrons. The van der Waals surface area contributed by atoms with E-state index in [4.69, 9.17) is 4.98 Å². The summed E-state index contributed by atoms with van der Waals surface area (Å²) in [6.45, 7) is 3.22. The van der Waals surface area contributed by atoms with Crippen molar-refractivity contribution < 1.29 is 5.11 Å². The minimum Gasteiger partial charge on any atom is -0.507 e. The van der Waals surface area contributed by atoms with E-state index in [9.17, 15) is 5.11 Å². The summed E-state index contributed by atoms with van der Waals surface area (Å²) in [6.07, 6.45) is 5.89. The number of rotatable bonds is 3. The highest BCUT2D eigenvalue weighted by Crippen LogP contribution is 2.38. The van der Waals surface area contributed by atoms with Crippen LogP contribution in [0.15, 0.2) is 36.7 Å². The number of anilines is 1.